The summed E-state index contributed by atoms with van der Waals surface area (Å²) < 4.78 is 67.7. The fraction of sp³-hybridized carbons (Fsp3) is 0.333. The van der Waals surface area contributed by atoms with Gasteiger partial charge in [0.15, 0.2) is 5.60 Å². The van der Waals surface area contributed by atoms with Gasteiger partial charge in [-0.25, -0.2) is 8.42 Å². The van der Waals surface area contributed by atoms with Gasteiger partial charge in [-0.2, -0.15) is 13.2 Å². The van der Waals surface area contributed by atoms with Gasteiger partial charge < -0.3 is 4.74 Å². The summed E-state index contributed by atoms with van der Waals surface area (Å²) in [5, 5.41) is 0. The third-order valence-electron chi connectivity index (χ3n) is 3.26. The van der Waals surface area contributed by atoms with Crippen LogP contribution in [0.2, 0.25) is 0 Å². The van der Waals surface area contributed by atoms with Crippen LogP contribution in [0.1, 0.15) is 17.5 Å². The van der Waals surface area contributed by atoms with E-state index in [9.17, 15) is 21.6 Å². The van der Waals surface area contributed by atoms with Crippen LogP contribution in [0, 0.1) is 0 Å². The molecule has 1 atom stereocenters. The smallest absolute Gasteiger partial charge is 0.364 e. The summed E-state index contributed by atoms with van der Waals surface area (Å²) in [6.07, 6.45) is -2.57. The number of hydrogen-bond donors (Lipinski definition) is 0. The van der Waals surface area contributed by atoms with Crippen LogP contribution in [0.3, 0.4) is 0 Å². The Kier molecular flexibility index (Phi) is 3.64. The first-order valence-corrected chi connectivity index (χ1v) is 7.81. The highest BCUT2D eigenvalue weighted by Gasteiger charge is 2.57. The van der Waals surface area contributed by atoms with Crippen molar-refractivity contribution < 1.29 is 26.3 Å². The van der Waals surface area contributed by atoms with E-state index in [4.69, 9.17) is 15.4 Å². The molecule has 1 unspecified atom stereocenters. The summed E-state index contributed by atoms with van der Waals surface area (Å²) in [6.45, 7) is 0. The van der Waals surface area contributed by atoms with Gasteiger partial charge >= 0.3 is 6.18 Å². The van der Waals surface area contributed by atoms with Crippen molar-refractivity contribution in [3.05, 3.63) is 35.4 Å². The quantitative estimate of drug-likeness (QED) is 0.782. The molecule has 2 rings (SSSR count). The minimum Gasteiger partial charge on any atom is -0.364 e. The molecule has 1 aliphatic rings. The molecule has 3 nitrogen and oxygen atoms in total. The number of benzene rings is 1. The topological polar surface area (TPSA) is 43.4 Å². The minimum atomic E-state index is -4.68. The van der Waals surface area contributed by atoms with Gasteiger partial charge in [0.05, 0.1) is 4.90 Å². The van der Waals surface area contributed by atoms with Crippen molar-refractivity contribution in [3.63, 3.8) is 0 Å². The van der Waals surface area contributed by atoms with Crippen LogP contribution in [0.15, 0.2) is 29.2 Å². The molecule has 8 heteroatoms. The zero-order valence-corrected chi connectivity index (χ0v) is 11.8. The van der Waals surface area contributed by atoms with E-state index in [1.165, 1.54) is 24.3 Å². The Morgan fingerprint density at radius 1 is 1.35 bits per heavy atom. The monoisotopic (exact) mass is 326 g/mol. The lowest BCUT2D eigenvalue weighted by molar-refractivity contribution is -0.276. The molecule has 0 fully saturated rings. The van der Waals surface area contributed by atoms with E-state index in [1.54, 1.807) is 0 Å². The van der Waals surface area contributed by atoms with Gasteiger partial charge in [0, 0.05) is 35.3 Å². The van der Waals surface area contributed by atoms with Crippen LogP contribution in [-0.2, 0) is 19.4 Å². The third kappa shape index (κ3) is 2.23. The second-order valence-electron chi connectivity index (χ2n) is 4.29. The number of halogens is 4. The molecule has 0 spiro atoms. The Bertz CT molecular complexity index is 667. The summed E-state index contributed by atoms with van der Waals surface area (Å²) in [6, 6.07) is 3.57. The zero-order chi connectivity index (χ0) is 15.2. The fourth-order valence-corrected chi connectivity index (χ4v) is 3.40. The molecule has 0 bridgehead atoms. The maximum atomic E-state index is 13.4. The summed E-state index contributed by atoms with van der Waals surface area (Å²) >= 11 is 0. The molecule has 1 aliphatic carbocycles. The first-order chi connectivity index (χ1) is 9.13. The van der Waals surface area contributed by atoms with E-state index in [1.807, 2.05) is 0 Å². The number of hydrogen-bond acceptors (Lipinski definition) is 3. The van der Waals surface area contributed by atoms with Crippen molar-refractivity contribution in [2.75, 3.05) is 7.11 Å². The van der Waals surface area contributed by atoms with Crippen LogP contribution < -0.4 is 0 Å². The molecule has 20 heavy (non-hydrogen) atoms. The third-order valence-corrected chi connectivity index (χ3v) is 4.64. The molecule has 110 valence electrons. The Morgan fingerprint density at radius 3 is 2.50 bits per heavy atom. The van der Waals surface area contributed by atoms with E-state index < -0.39 is 27.2 Å². The molecular formula is C12H10ClF3O3S. The highest BCUT2D eigenvalue weighted by atomic mass is 35.7. The second-order valence-corrected chi connectivity index (χ2v) is 6.82. The standard InChI is InChI=1S/C12H10ClF3O3S/c1-19-11(12(14,15)16)7-3-4-8-9(11)5-2-6-10(8)20(13,17)18/h2-6H,7H2,1H3. The molecule has 0 amide bonds. The molecule has 1 aromatic carbocycles. The Hall–Kier alpha value is -1.05. The fourth-order valence-electron chi connectivity index (χ4n) is 2.31. The molecule has 1 aromatic rings. The Morgan fingerprint density at radius 2 is 2.00 bits per heavy atom. The number of fused-ring (bicyclic) bond motifs is 1. The van der Waals surface area contributed by atoms with Gasteiger partial charge in [-0.05, 0) is 6.07 Å². The van der Waals surface area contributed by atoms with Crippen LogP contribution in [0.5, 0.6) is 0 Å². The van der Waals surface area contributed by atoms with Gasteiger partial charge in [0.1, 0.15) is 0 Å². The first kappa shape index (κ1) is 15.3. The van der Waals surface area contributed by atoms with Crippen LogP contribution in [0.25, 0.3) is 6.08 Å². The van der Waals surface area contributed by atoms with Gasteiger partial charge in [0.2, 0.25) is 0 Å². The number of rotatable bonds is 2. The average Bonchev–Trinajstić information content (AvgIpc) is 2.34. The molecule has 0 aliphatic heterocycles. The lowest BCUT2D eigenvalue weighted by atomic mass is 9.82. The maximum Gasteiger partial charge on any atom is 0.422 e. The Labute approximate surface area is 118 Å². The average molecular weight is 327 g/mol. The van der Waals surface area contributed by atoms with Gasteiger partial charge in [-0.1, -0.05) is 24.3 Å². The molecule has 0 N–H and O–H groups in total. The van der Waals surface area contributed by atoms with E-state index in [-0.39, 0.29) is 16.0 Å². The van der Waals surface area contributed by atoms with E-state index in [2.05, 4.69) is 0 Å². The Balaban J connectivity index is 2.80. The lowest BCUT2D eigenvalue weighted by Crippen LogP contribution is -2.45. The van der Waals surface area contributed by atoms with E-state index in [0.717, 1.165) is 13.2 Å². The van der Waals surface area contributed by atoms with E-state index >= 15 is 0 Å². The summed E-state index contributed by atoms with van der Waals surface area (Å²) in [5.41, 5.74) is -2.90. The molecule has 0 aromatic heterocycles. The lowest BCUT2D eigenvalue weighted by Gasteiger charge is -2.37. The predicted octanol–water partition coefficient (Wildman–Crippen LogP) is 3.44. The normalized spacial score (nSPS) is 22.6. The molecule has 0 saturated heterocycles. The van der Waals surface area contributed by atoms with Gasteiger partial charge in [0.25, 0.3) is 9.05 Å². The molecule has 0 radical (unpaired) electrons. The van der Waals surface area contributed by atoms with Crippen LogP contribution in [-0.4, -0.2) is 21.7 Å². The summed E-state index contributed by atoms with van der Waals surface area (Å²) in [7, 11) is 2.05. The van der Waals surface area contributed by atoms with Crippen molar-refractivity contribution in [1.82, 2.24) is 0 Å². The van der Waals surface area contributed by atoms with Crippen molar-refractivity contribution in [1.29, 1.82) is 0 Å². The number of methoxy groups -OCH3 is 1. The van der Waals surface area contributed by atoms with Crippen LogP contribution in [0.4, 0.5) is 13.2 Å². The molecule has 0 saturated carbocycles. The van der Waals surface area contributed by atoms with E-state index in [0.29, 0.717) is 0 Å². The van der Waals surface area contributed by atoms with Crippen molar-refractivity contribution >= 4 is 25.8 Å². The summed E-state index contributed by atoms with van der Waals surface area (Å²) in [4.78, 5) is -0.363. The summed E-state index contributed by atoms with van der Waals surface area (Å²) in [5.74, 6) is 0. The molecular weight excluding hydrogens is 317 g/mol. The molecule has 0 heterocycles. The SMILES string of the molecule is COC1(C(F)(F)F)CC=Cc2c1cccc2S(=O)(=O)Cl. The minimum absolute atomic E-state index is 0.0899. The second kappa shape index (κ2) is 4.75. The van der Waals surface area contributed by atoms with Gasteiger partial charge in [-0.15, -0.1) is 0 Å². The van der Waals surface area contributed by atoms with Crippen molar-refractivity contribution in [2.24, 2.45) is 0 Å². The number of ether oxygens (including phenoxy) is 1. The predicted molar refractivity (Wildman–Crippen MR) is 67.9 cm³/mol. The van der Waals surface area contributed by atoms with Gasteiger partial charge in [-0.3, -0.25) is 0 Å². The van der Waals surface area contributed by atoms with Crippen molar-refractivity contribution in [2.45, 2.75) is 23.1 Å². The highest BCUT2D eigenvalue weighted by Crippen LogP contribution is 2.49. The zero-order valence-electron chi connectivity index (χ0n) is 10.2. The van der Waals surface area contributed by atoms with Crippen molar-refractivity contribution in [3.8, 4) is 0 Å². The van der Waals surface area contributed by atoms with Crippen LogP contribution >= 0.6 is 10.7 Å². The largest absolute Gasteiger partial charge is 0.422 e. The maximum absolute atomic E-state index is 13.4. The highest BCUT2D eigenvalue weighted by molar-refractivity contribution is 8.13. The number of alkyl halides is 3. The first-order valence-electron chi connectivity index (χ1n) is 5.50.